The molecule has 0 unspecified atom stereocenters. The molecule has 0 nitrogen and oxygen atoms in total. The van der Waals surface area contributed by atoms with E-state index in [1.807, 2.05) is 0 Å². The van der Waals surface area contributed by atoms with Gasteiger partial charge in [0.15, 0.2) is 0 Å². The third-order valence-corrected chi connectivity index (χ3v) is 5.36. The molecule has 0 radical (unpaired) electrons. The Morgan fingerprint density at radius 3 is 1.84 bits per heavy atom. The molecular formula is C25H32. The third kappa shape index (κ3) is 3.45. The molecule has 2 aromatic carbocycles. The van der Waals surface area contributed by atoms with Gasteiger partial charge < -0.3 is 0 Å². The Morgan fingerprint density at radius 1 is 0.760 bits per heavy atom. The summed E-state index contributed by atoms with van der Waals surface area (Å²) in [6.45, 7) is 18.4. The zero-order valence-electron chi connectivity index (χ0n) is 17.2. The maximum Gasteiger partial charge on any atom is -0.00604 e. The van der Waals surface area contributed by atoms with Gasteiger partial charge in [-0.1, -0.05) is 83.5 Å². The summed E-state index contributed by atoms with van der Waals surface area (Å²) in [6.07, 6.45) is 3.48. The van der Waals surface area contributed by atoms with Crippen molar-refractivity contribution in [1.29, 1.82) is 0 Å². The molecule has 0 atom stereocenters. The monoisotopic (exact) mass is 332 g/mol. The molecule has 0 saturated carbocycles. The Kier molecular flexibility index (Phi) is 4.22. The minimum atomic E-state index is 0.146. The van der Waals surface area contributed by atoms with E-state index in [4.69, 9.17) is 0 Å². The van der Waals surface area contributed by atoms with Gasteiger partial charge in [-0.3, -0.25) is 0 Å². The lowest BCUT2D eigenvalue weighted by atomic mass is 9.78. The van der Waals surface area contributed by atoms with E-state index in [2.05, 4.69) is 91.8 Å². The molecule has 0 bridgehead atoms. The van der Waals surface area contributed by atoms with Gasteiger partial charge >= 0.3 is 0 Å². The van der Waals surface area contributed by atoms with Crippen molar-refractivity contribution in [1.82, 2.24) is 0 Å². The van der Waals surface area contributed by atoms with E-state index < -0.39 is 0 Å². The maximum atomic E-state index is 2.42. The molecule has 0 heterocycles. The number of hydrogen-bond acceptors (Lipinski definition) is 0. The number of fused-ring (bicyclic) bond motifs is 1. The zero-order chi connectivity index (χ0) is 18.6. The fourth-order valence-corrected chi connectivity index (χ4v) is 3.71. The molecule has 25 heavy (non-hydrogen) atoms. The average molecular weight is 333 g/mol. The van der Waals surface area contributed by atoms with Crippen molar-refractivity contribution in [3.63, 3.8) is 0 Å². The van der Waals surface area contributed by atoms with Gasteiger partial charge in [0.1, 0.15) is 0 Å². The first kappa shape index (κ1) is 18.0. The van der Waals surface area contributed by atoms with Crippen molar-refractivity contribution in [2.24, 2.45) is 0 Å². The van der Waals surface area contributed by atoms with Crippen LogP contribution in [0.25, 0.3) is 17.2 Å². The highest BCUT2D eigenvalue weighted by molar-refractivity contribution is 5.83. The quantitative estimate of drug-likeness (QED) is 0.517. The molecule has 0 N–H and O–H groups in total. The van der Waals surface area contributed by atoms with Crippen molar-refractivity contribution in [3.05, 3.63) is 63.7 Å². The van der Waals surface area contributed by atoms with E-state index in [0.29, 0.717) is 0 Å². The van der Waals surface area contributed by atoms with Crippen molar-refractivity contribution >= 4 is 6.08 Å². The van der Waals surface area contributed by atoms with Crippen molar-refractivity contribution < 1.29 is 0 Å². The molecule has 0 amide bonds. The summed E-state index contributed by atoms with van der Waals surface area (Å²) in [5.74, 6) is 0. The highest BCUT2D eigenvalue weighted by Crippen LogP contribution is 2.40. The molecule has 132 valence electrons. The normalized spacial score (nSPS) is 14.5. The van der Waals surface area contributed by atoms with Crippen LogP contribution in [-0.2, 0) is 17.3 Å². The second-order valence-corrected chi connectivity index (χ2v) is 9.80. The lowest BCUT2D eigenvalue weighted by Crippen LogP contribution is -2.16. The lowest BCUT2D eigenvalue weighted by molar-refractivity contribution is 0.569. The Morgan fingerprint density at radius 2 is 1.32 bits per heavy atom. The molecule has 0 aromatic heterocycles. The lowest BCUT2D eigenvalue weighted by Gasteiger charge is -2.27. The second kappa shape index (κ2) is 5.87. The molecule has 3 rings (SSSR count). The van der Waals surface area contributed by atoms with Crippen molar-refractivity contribution in [2.75, 3.05) is 0 Å². The highest BCUT2D eigenvalue weighted by atomic mass is 14.3. The molecule has 0 fully saturated rings. The van der Waals surface area contributed by atoms with Crippen molar-refractivity contribution in [2.45, 2.75) is 72.6 Å². The molecule has 1 aliphatic rings. The van der Waals surface area contributed by atoms with Crippen molar-refractivity contribution in [3.8, 4) is 11.1 Å². The predicted molar refractivity (Wildman–Crippen MR) is 111 cm³/mol. The fraction of sp³-hybridized carbons (Fsp3) is 0.440. The number of aryl methyl sites for hydroxylation is 1. The minimum Gasteiger partial charge on any atom is -0.0683 e. The van der Waals surface area contributed by atoms with Crippen LogP contribution in [-0.4, -0.2) is 0 Å². The summed E-state index contributed by atoms with van der Waals surface area (Å²) in [5.41, 5.74) is 11.7. The molecular weight excluding hydrogens is 300 g/mol. The first-order valence-electron chi connectivity index (χ1n) is 9.43. The molecule has 0 aliphatic heterocycles. The van der Waals surface area contributed by atoms with Gasteiger partial charge in [-0.25, -0.2) is 0 Å². The first-order valence-corrected chi connectivity index (χ1v) is 9.43. The fourth-order valence-electron chi connectivity index (χ4n) is 3.71. The SMILES string of the molecule is CC1=Cc2c(ccc(C)c2-c2cc(C(C)(C)C)cc(C(C)(C)C)c2)C1. The van der Waals surface area contributed by atoms with Crippen LogP contribution in [0, 0.1) is 6.92 Å². The Hall–Kier alpha value is -1.82. The third-order valence-electron chi connectivity index (χ3n) is 5.36. The van der Waals surface area contributed by atoms with Crippen LogP contribution < -0.4 is 0 Å². The van der Waals surface area contributed by atoms with Gasteiger partial charge in [0, 0.05) is 0 Å². The number of rotatable bonds is 1. The van der Waals surface area contributed by atoms with Crippen LogP contribution in [0.5, 0.6) is 0 Å². The van der Waals surface area contributed by atoms with Gasteiger partial charge in [-0.05, 0) is 70.0 Å². The Bertz CT molecular complexity index is 817. The average Bonchev–Trinajstić information content (AvgIpc) is 2.85. The van der Waals surface area contributed by atoms with Crippen LogP contribution in [0.1, 0.15) is 76.3 Å². The molecule has 1 aliphatic carbocycles. The maximum absolute atomic E-state index is 2.42. The Labute approximate surface area is 154 Å². The Balaban J connectivity index is 2.31. The van der Waals surface area contributed by atoms with Crippen LogP contribution in [0.2, 0.25) is 0 Å². The van der Waals surface area contributed by atoms with Gasteiger partial charge in [-0.2, -0.15) is 0 Å². The number of allylic oxidation sites excluding steroid dienone is 1. The van der Waals surface area contributed by atoms with Gasteiger partial charge in [0.05, 0.1) is 0 Å². The zero-order valence-corrected chi connectivity index (χ0v) is 17.2. The highest BCUT2D eigenvalue weighted by Gasteiger charge is 2.23. The van der Waals surface area contributed by atoms with Gasteiger partial charge in [0.25, 0.3) is 0 Å². The summed E-state index contributed by atoms with van der Waals surface area (Å²) in [5, 5.41) is 0. The molecule has 0 saturated heterocycles. The summed E-state index contributed by atoms with van der Waals surface area (Å²) < 4.78 is 0. The van der Waals surface area contributed by atoms with E-state index >= 15 is 0 Å². The van der Waals surface area contributed by atoms with Gasteiger partial charge in [0.2, 0.25) is 0 Å². The van der Waals surface area contributed by atoms with E-state index in [9.17, 15) is 0 Å². The predicted octanol–water partition coefficient (Wildman–Crippen LogP) is 7.22. The summed E-state index contributed by atoms with van der Waals surface area (Å²) >= 11 is 0. The number of hydrogen-bond donors (Lipinski definition) is 0. The smallest absolute Gasteiger partial charge is 0.00604 e. The molecule has 0 spiro atoms. The standard InChI is InChI=1S/C25H32/c1-16-11-18-10-9-17(2)23(22(18)12-16)19-13-20(24(3,4)5)15-21(14-19)25(6,7)8/h9-10,12-15H,11H2,1-8H3. The van der Waals surface area contributed by atoms with E-state index in [1.165, 1.54) is 44.5 Å². The molecule has 2 aromatic rings. The van der Waals surface area contributed by atoms with Crippen LogP contribution in [0.3, 0.4) is 0 Å². The van der Waals surface area contributed by atoms with Gasteiger partial charge in [-0.15, -0.1) is 0 Å². The molecule has 0 heteroatoms. The summed E-state index contributed by atoms with van der Waals surface area (Å²) in [4.78, 5) is 0. The summed E-state index contributed by atoms with van der Waals surface area (Å²) in [7, 11) is 0. The van der Waals surface area contributed by atoms with E-state index in [1.54, 1.807) is 0 Å². The topological polar surface area (TPSA) is 0 Å². The van der Waals surface area contributed by atoms with Crippen LogP contribution in [0.4, 0.5) is 0 Å². The second-order valence-electron chi connectivity index (χ2n) is 9.80. The van der Waals surface area contributed by atoms with E-state index in [-0.39, 0.29) is 10.8 Å². The van der Waals surface area contributed by atoms with Crippen LogP contribution >= 0.6 is 0 Å². The minimum absolute atomic E-state index is 0.146. The van der Waals surface area contributed by atoms with E-state index in [0.717, 1.165) is 6.42 Å². The number of benzene rings is 2. The van der Waals surface area contributed by atoms with Crippen LogP contribution in [0.15, 0.2) is 35.9 Å². The first-order chi connectivity index (χ1) is 11.5. The summed E-state index contributed by atoms with van der Waals surface area (Å²) in [6, 6.07) is 11.8. The largest absolute Gasteiger partial charge is 0.0683 e.